The lowest BCUT2D eigenvalue weighted by Crippen LogP contribution is -2.19. The Bertz CT molecular complexity index is 423. The molecule has 0 radical (unpaired) electrons. The summed E-state index contributed by atoms with van der Waals surface area (Å²) in [5, 5.41) is 1.10. The molecule has 0 amide bonds. The lowest BCUT2D eigenvalue weighted by Gasteiger charge is -2.15. The number of halogens is 2. The topological polar surface area (TPSA) is 44.5 Å². The molecular formula is C15H23Cl2NO2. The molecular weight excluding hydrogens is 297 g/mol. The molecule has 114 valence electrons. The second kappa shape index (κ2) is 8.73. The molecule has 0 spiro atoms. The fourth-order valence-corrected chi connectivity index (χ4v) is 2.39. The van der Waals surface area contributed by atoms with Crippen molar-refractivity contribution in [3.8, 4) is 5.75 Å². The van der Waals surface area contributed by atoms with Gasteiger partial charge in [-0.3, -0.25) is 0 Å². The van der Waals surface area contributed by atoms with Gasteiger partial charge in [-0.25, -0.2) is 0 Å². The van der Waals surface area contributed by atoms with Crippen LogP contribution in [-0.2, 0) is 11.2 Å². The molecule has 0 aromatic heterocycles. The summed E-state index contributed by atoms with van der Waals surface area (Å²) in [5.74, 6) is 1.17. The van der Waals surface area contributed by atoms with E-state index in [1.807, 2.05) is 13.0 Å². The molecule has 1 rings (SSSR count). The van der Waals surface area contributed by atoms with E-state index in [2.05, 4.69) is 13.8 Å². The molecule has 2 N–H and O–H groups in total. The molecule has 0 aliphatic heterocycles. The van der Waals surface area contributed by atoms with Crippen molar-refractivity contribution in [3.05, 3.63) is 27.7 Å². The van der Waals surface area contributed by atoms with Crippen molar-refractivity contribution in [1.29, 1.82) is 0 Å². The number of hydrogen-bond acceptors (Lipinski definition) is 3. The highest BCUT2D eigenvalue weighted by Gasteiger charge is 2.12. The van der Waals surface area contributed by atoms with Crippen LogP contribution in [0.15, 0.2) is 12.1 Å². The largest absolute Gasteiger partial charge is 0.489 e. The molecule has 0 heterocycles. The summed E-state index contributed by atoms with van der Waals surface area (Å²) in [4.78, 5) is 0. The van der Waals surface area contributed by atoms with Gasteiger partial charge in [-0.1, -0.05) is 37.0 Å². The molecule has 1 unspecified atom stereocenters. The Hall–Kier alpha value is -0.480. The second-order valence-electron chi connectivity index (χ2n) is 5.37. The van der Waals surface area contributed by atoms with E-state index >= 15 is 0 Å². The molecule has 0 aliphatic rings. The minimum absolute atomic E-state index is 0.0177. The first-order chi connectivity index (χ1) is 9.40. The minimum Gasteiger partial charge on any atom is -0.489 e. The van der Waals surface area contributed by atoms with E-state index in [1.54, 1.807) is 6.07 Å². The fraction of sp³-hybridized carbons (Fsp3) is 0.600. The first-order valence-electron chi connectivity index (χ1n) is 6.84. The molecule has 1 atom stereocenters. The van der Waals surface area contributed by atoms with E-state index in [4.69, 9.17) is 38.4 Å². The van der Waals surface area contributed by atoms with Crippen LogP contribution in [0.2, 0.25) is 10.0 Å². The molecule has 0 saturated carbocycles. The van der Waals surface area contributed by atoms with Crippen LogP contribution in [0.1, 0.15) is 26.3 Å². The van der Waals surface area contributed by atoms with Crippen molar-refractivity contribution in [2.45, 2.75) is 33.2 Å². The SMILES string of the molecule is CC(C)COCCOc1c(Cl)cc(Cl)cc1CC(C)N. The van der Waals surface area contributed by atoms with E-state index in [0.717, 1.165) is 12.2 Å². The molecule has 5 heteroatoms. The van der Waals surface area contributed by atoms with Gasteiger partial charge in [-0.05, 0) is 37.0 Å². The Morgan fingerprint density at radius 2 is 1.85 bits per heavy atom. The van der Waals surface area contributed by atoms with Gasteiger partial charge >= 0.3 is 0 Å². The third kappa shape index (κ3) is 6.31. The molecule has 0 fully saturated rings. The van der Waals surface area contributed by atoms with E-state index in [9.17, 15) is 0 Å². The predicted molar refractivity (Wildman–Crippen MR) is 85.0 cm³/mol. The van der Waals surface area contributed by atoms with Gasteiger partial charge in [0.15, 0.2) is 0 Å². The zero-order valence-electron chi connectivity index (χ0n) is 12.3. The summed E-state index contributed by atoms with van der Waals surface area (Å²) < 4.78 is 11.2. The van der Waals surface area contributed by atoms with Crippen molar-refractivity contribution < 1.29 is 9.47 Å². The standard InChI is InChI=1S/C15H23Cl2NO2/c1-10(2)9-19-4-5-20-15-12(6-11(3)18)7-13(16)8-14(15)17/h7-8,10-11H,4-6,9,18H2,1-3H3. The van der Waals surface area contributed by atoms with E-state index in [-0.39, 0.29) is 6.04 Å². The van der Waals surface area contributed by atoms with Gasteiger partial charge in [0.2, 0.25) is 0 Å². The van der Waals surface area contributed by atoms with E-state index in [0.29, 0.717) is 41.3 Å². The maximum absolute atomic E-state index is 6.19. The van der Waals surface area contributed by atoms with Crippen molar-refractivity contribution in [1.82, 2.24) is 0 Å². The van der Waals surface area contributed by atoms with Crippen LogP contribution in [0.5, 0.6) is 5.75 Å². The molecule has 0 saturated heterocycles. The number of rotatable bonds is 8. The maximum Gasteiger partial charge on any atom is 0.141 e. The fourth-order valence-electron chi connectivity index (χ4n) is 1.80. The maximum atomic E-state index is 6.19. The van der Waals surface area contributed by atoms with Gasteiger partial charge in [0.25, 0.3) is 0 Å². The first-order valence-corrected chi connectivity index (χ1v) is 7.59. The second-order valence-corrected chi connectivity index (χ2v) is 6.22. The molecule has 1 aromatic carbocycles. The minimum atomic E-state index is 0.0177. The van der Waals surface area contributed by atoms with Gasteiger partial charge in [0.05, 0.1) is 11.6 Å². The zero-order valence-corrected chi connectivity index (χ0v) is 13.8. The highest BCUT2D eigenvalue weighted by Crippen LogP contribution is 2.33. The lowest BCUT2D eigenvalue weighted by molar-refractivity contribution is 0.0816. The van der Waals surface area contributed by atoms with Crippen molar-refractivity contribution in [3.63, 3.8) is 0 Å². The Kier molecular flexibility index (Phi) is 7.67. The van der Waals surface area contributed by atoms with Crippen LogP contribution >= 0.6 is 23.2 Å². The predicted octanol–water partition coefficient (Wildman–Crippen LogP) is 3.93. The van der Waals surface area contributed by atoms with Gasteiger partial charge in [-0.2, -0.15) is 0 Å². The van der Waals surface area contributed by atoms with Crippen molar-refractivity contribution >= 4 is 23.2 Å². The van der Waals surface area contributed by atoms with Crippen LogP contribution in [0.4, 0.5) is 0 Å². The van der Waals surface area contributed by atoms with Crippen LogP contribution in [-0.4, -0.2) is 25.9 Å². The van der Waals surface area contributed by atoms with E-state index in [1.165, 1.54) is 0 Å². The zero-order chi connectivity index (χ0) is 15.1. The molecule has 0 aliphatic carbocycles. The Balaban J connectivity index is 2.63. The summed E-state index contributed by atoms with van der Waals surface area (Å²) in [6, 6.07) is 3.54. The Labute approximate surface area is 131 Å². The van der Waals surface area contributed by atoms with Gasteiger partial charge in [0, 0.05) is 17.7 Å². The van der Waals surface area contributed by atoms with Crippen LogP contribution in [0.25, 0.3) is 0 Å². The van der Waals surface area contributed by atoms with Gasteiger partial charge < -0.3 is 15.2 Å². The molecule has 3 nitrogen and oxygen atoms in total. The van der Waals surface area contributed by atoms with Gasteiger partial charge in [0.1, 0.15) is 12.4 Å². The third-order valence-corrected chi connectivity index (χ3v) is 3.05. The summed E-state index contributed by atoms with van der Waals surface area (Å²) in [6.07, 6.45) is 0.669. The normalized spacial score (nSPS) is 12.8. The quantitative estimate of drug-likeness (QED) is 0.738. The highest BCUT2D eigenvalue weighted by molar-refractivity contribution is 6.35. The summed E-state index contributed by atoms with van der Waals surface area (Å²) in [5.41, 5.74) is 6.77. The number of benzene rings is 1. The highest BCUT2D eigenvalue weighted by atomic mass is 35.5. The number of ether oxygens (including phenoxy) is 2. The van der Waals surface area contributed by atoms with Crippen molar-refractivity contribution in [2.75, 3.05) is 19.8 Å². The Morgan fingerprint density at radius 3 is 2.45 bits per heavy atom. The summed E-state index contributed by atoms with van der Waals surface area (Å²) in [7, 11) is 0. The monoisotopic (exact) mass is 319 g/mol. The third-order valence-electron chi connectivity index (χ3n) is 2.55. The summed E-state index contributed by atoms with van der Waals surface area (Å²) >= 11 is 12.2. The smallest absolute Gasteiger partial charge is 0.141 e. The van der Waals surface area contributed by atoms with Gasteiger partial charge in [-0.15, -0.1) is 0 Å². The average Bonchev–Trinajstić information content (AvgIpc) is 2.30. The number of nitrogens with two attached hydrogens (primary N) is 1. The molecule has 0 bridgehead atoms. The molecule has 20 heavy (non-hydrogen) atoms. The number of hydrogen-bond donors (Lipinski definition) is 1. The first kappa shape index (κ1) is 17.6. The average molecular weight is 320 g/mol. The summed E-state index contributed by atoms with van der Waals surface area (Å²) in [6.45, 7) is 7.87. The molecule has 1 aromatic rings. The van der Waals surface area contributed by atoms with Crippen molar-refractivity contribution in [2.24, 2.45) is 11.7 Å². The lowest BCUT2D eigenvalue weighted by atomic mass is 10.1. The van der Waals surface area contributed by atoms with Crippen LogP contribution < -0.4 is 10.5 Å². The van der Waals surface area contributed by atoms with Crippen LogP contribution in [0.3, 0.4) is 0 Å². The Morgan fingerprint density at radius 1 is 1.15 bits per heavy atom. The van der Waals surface area contributed by atoms with E-state index < -0.39 is 0 Å². The van der Waals surface area contributed by atoms with Crippen LogP contribution in [0, 0.1) is 5.92 Å².